The van der Waals surface area contributed by atoms with Crippen LogP contribution in [0.3, 0.4) is 0 Å². The zero-order chi connectivity index (χ0) is 36.6. The molecule has 1 aliphatic heterocycles. The highest BCUT2D eigenvalue weighted by Crippen LogP contribution is 2.45. The molecule has 15 heteroatoms. The summed E-state index contributed by atoms with van der Waals surface area (Å²) in [6.45, 7) is 9.11. The summed E-state index contributed by atoms with van der Waals surface area (Å²) in [7, 11) is -3.89. The Kier molecular flexibility index (Phi) is 10.1. The number of rotatable bonds is 12. The molecule has 274 valence electrons. The molecule has 4 aliphatic rings. The molecule has 6 rings (SSSR count). The lowest BCUT2D eigenvalue weighted by molar-refractivity contribution is -0.143. The van der Waals surface area contributed by atoms with Gasteiger partial charge in [-0.3, -0.25) is 24.1 Å². The molecular weight excluding hydrogens is 676 g/mol. The van der Waals surface area contributed by atoms with E-state index >= 15 is 0 Å². The molecule has 3 saturated carbocycles. The second-order valence-electron chi connectivity index (χ2n) is 15.1. The fourth-order valence-corrected chi connectivity index (χ4v) is 8.28. The Hall–Kier alpha value is -4.53. The van der Waals surface area contributed by atoms with E-state index in [4.69, 9.17) is 9.57 Å². The maximum absolute atomic E-state index is 14.4. The van der Waals surface area contributed by atoms with Gasteiger partial charge >= 0.3 is 6.09 Å². The largest absolute Gasteiger partial charge is 0.446 e. The van der Waals surface area contributed by atoms with Gasteiger partial charge in [-0.2, -0.15) is 0 Å². The molecule has 0 unspecified atom stereocenters. The second kappa shape index (κ2) is 14.2. The predicted molar refractivity (Wildman–Crippen MR) is 189 cm³/mol. The summed E-state index contributed by atoms with van der Waals surface area (Å²) in [5.74, 6) is -2.55. The van der Waals surface area contributed by atoms with Crippen LogP contribution in [0.1, 0.15) is 77.7 Å². The van der Waals surface area contributed by atoms with E-state index in [0.29, 0.717) is 12.8 Å². The van der Waals surface area contributed by atoms with Crippen molar-refractivity contribution in [2.45, 2.75) is 107 Å². The summed E-state index contributed by atoms with van der Waals surface area (Å²) in [6, 6.07) is 7.15. The lowest BCUT2D eigenvalue weighted by Crippen LogP contribution is -2.60. The van der Waals surface area contributed by atoms with Crippen molar-refractivity contribution in [2.75, 3.05) is 6.54 Å². The van der Waals surface area contributed by atoms with Crippen molar-refractivity contribution in [3.8, 4) is 0 Å². The first kappa shape index (κ1) is 36.3. The molecule has 1 aromatic carbocycles. The Labute approximate surface area is 297 Å². The number of fused-ring (bicyclic) bond motifs is 1. The normalized spacial score (nSPS) is 25.7. The molecule has 2 aromatic rings. The predicted octanol–water partition coefficient (Wildman–Crippen LogP) is 3.31. The van der Waals surface area contributed by atoms with Gasteiger partial charge in [0.05, 0.1) is 23.5 Å². The number of aromatic nitrogens is 1. The molecule has 0 bridgehead atoms. The monoisotopic (exact) mass is 722 g/mol. The van der Waals surface area contributed by atoms with Crippen LogP contribution in [0.25, 0.3) is 10.9 Å². The molecule has 0 spiro atoms. The number of alkyl carbamates (subject to hydrolysis) is 1. The first-order valence-corrected chi connectivity index (χ1v) is 19.1. The highest BCUT2D eigenvalue weighted by molar-refractivity contribution is 7.91. The van der Waals surface area contributed by atoms with E-state index in [0.717, 1.165) is 42.1 Å². The standard InChI is InChI=1S/C36H46N6O8S/c1-5-23-19-36(23,33(45)41-51(47,48)26-14-15-26)40-31(43)29-18-25(50-38-20-22-16-17-37-28-13-9-8-12-27(22)28)21-42(29)32(44)30(35(2,3)4)39-34(46)49-24-10-6-7-11-24/h5,8-9,12-13,16-17,20,23-26,29-30H,1,6-7,10-11,14-15,18-19,21H2,2-4H3,(H,39,46)(H,40,43)(H,41,45)/b38-20+/t23-,25-,29+,30-,36+/m1/s1. The van der Waals surface area contributed by atoms with Crippen LogP contribution in [0.4, 0.5) is 4.79 Å². The van der Waals surface area contributed by atoms with Gasteiger partial charge in [-0.15, -0.1) is 6.58 Å². The molecule has 14 nitrogen and oxygen atoms in total. The number of carbonyl (C=O) groups excluding carboxylic acids is 4. The topological polar surface area (TPSA) is 185 Å². The molecule has 2 heterocycles. The van der Waals surface area contributed by atoms with Crippen molar-refractivity contribution in [3.05, 3.63) is 54.7 Å². The smallest absolute Gasteiger partial charge is 0.408 e. The Morgan fingerprint density at radius 2 is 1.80 bits per heavy atom. The lowest BCUT2D eigenvalue weighted by atomic mass is 9.85. The van der Waals surface area contributed by atoms with Crippen molar-refractivity contribution in [3.63, 3.8) is 0 Å². The van der Waals surface area contributed by atoms with Gasteiger partial charge in [-0.05, 0) is 62.5 Å². The Balaban J connectivity index is 1.23. The highest BCUT2D eigenvalue weighted by atomic mass is 32.2. The van der Waals surface area contributed by atoms with Gasteiger partial charge in [0.2, 0.25) is 21.8 Å². The van der Waals surface area contributed by atoms with Crippen LogP contribution in [0, 0.1) is 11.3 Å². The first-order chi connectivity index (χ1) is 24.2. The van der Waals surface area contributed by atoms with E-state index < -0.39 is 74.1 Å². The van der Waals surface area contributed by atoms with E-state index in [1.54, 1.807) is 39.2 Å². The average Bonchev–Trinajstić information content (AvgIpc) is 3.96. The van der Waals surface area contributed by atoms with Crippen molar-refractivity contribution < 1.29 is 37.2 Å². The number of carbonyl (C=O) groups is 4. The third kappa shape index (κ3) is 8.03. The number of pyridine rings is 1. The number of hydrogen-bond acceptors (Lipinski definition) is 10. The minimum atomic E-state index is -3.89. The Morgan fingerprint density at radius 3 is 2.47 bits per heavy atom. The molecule has 1 aromatic heterocycles. The van der Waals surface area contributed by atoms with E-state index in [1.165, 1.54) is 11.0 Å². The van der Waals surface area contributed by atoms with Gasteiger partial charge in [0.1, 0.15) is 29.8 Å². The zero-order valence-electron chi connectivity index (χ0n) is 29.2. The fourth-order valence-electron chi connectivity index (χ4n) is 6.91. The molecule has 3 aliphatic carbocycles. The number of amides is 4. The molecule has 0 radical (unpaired) electrons. The fraction of sp³-hybridized carbons (Fsp3) is 0.556. The van der Waals surface area contributed by atoms with Crippen LogP contribution in [-0.4, -0.2) is 90.0 Å². The summed E-state index contributed by atoms with van der Waals surface area (Å²) in [5, 5.41) is 9.96. The van der Waals surface area contributed by atoms with Crippen molar-refractivity contribution in [1.82, 2.24) is 25.2 Å². The van der Waals surface area contributed by atoms with Gasteiger partial charge < -0.3 is 25.1 Å². The first-order valence-electron chi connectivity index (χ1n) is 17.5. The van der Waals surface area contributed by atoms with E-state index in [9.17, 15) is 27.6 Å². The van der Waals surface area contributed by atoms with Gasteiger partial charge in [-0.1, -0.05) is 50.2 Å². The van der Waals surface area contributed by atoms with Crippen LogP contribution in [0.15, 0.2) is 54.3 Å². The lowest BCUT2D eigenvalue weighted by Gasteiger charge is -2.35. The van der Waals surface area contributed by atoms with Crippen LogP contribution < -0.4 is 15.4 Å². The molecule has 51 heavy (non-hydrogen) atoms. The maximum atomic E-state index is 14.4. The van der Waals surface area contributed by atoms with E-state index in [-0.39, 0.29) is 25.5 Å². The second-order valence-corrected chi connectivity index (χ2v) is 17.0. The maximum Gasteiger partial charge on any atom is 0.408 e. The Bertz CT molecular complexity index is 1830. The van der Waals surface area contributed by atoms with Gasteiger partial charge in [0.25, 0.3) is 5.91 Å². The summed E-state index contributed by atoms with van der Waals surface area (Å²) in [4.78, 5) is 66.5. The Morgan fingerprint density at radius 1 is 1.08 bits per heavy atom. The third-order valence-electron chi connectivity index (χ3n) is 10.1. The minimum absolute atomic E-state index is 0.0201. The zero-order valence-corrected chi connectivity index (χ0v) is 30.0. The number of benzene rings is 1. The van der Waals surface area contributed by atoms with Crippen molar-refractivity contribution >= 4 is 51.0 Å². The van der Waals surface area contributed by atoms with E-state index in [1.807, 2.05) is 24.3 Å². The van der Waals surface area contributed by atoms with E-state index in [2.05, 4.69) is 32.1 Å². The summed E-state index contributed by atoms with van der Waals surface area (Å²) < 4.78 is 33.0. The molecule has 4 amide bonds. The van der Waals surface area contributed by atoms with Crippen molar-refractivity contribution in [2.24, 2.45) is 16.5 Å². The molecule has 4 fully saturated rings. The van der Waals surface area contributed by atoms with Crippen LogP contribution in [-0.2, 0) is 34.0 Å². The quantitative estimate of drug-likeness (QED) is 0.168. The molecular formula is C36H46N6O8S. The summed E-state index contributed by atoms with van der Waals surface area (Å²) in [5.41, 5.74) is -0.780. The number of ether oxygens (including phenoxy) is 1. The number of sulfonamides is 1. The third-order valence-corrected chi connectivity index (χ3v) is 12.0. The molecule has 3 N–H and O–H groups in total. The van der Waals surface area contributed by atoms with Crippen molar-refractivity contribution in [1.29, 1.82) is 0 Å². The number of nitrogens with one attached hydrogen (secondary N) is 3. The number of nitrogens with zero attached hydrogens (tertiary/aromatic N) is 3. The van der Waals surface area contributed by atoms with Crippen LogP contribution in [0.2, 0.25) is 0 Å². The minimum Gasteiger partial charge on any atom is -0.446 e. The number of likely N-dealkylation sites (tertiary alicyclic amines) is 1. The average molecular weight is 723 g/mol. The molecule has 1 saturated heterocycles. The SMILES string of the molecule is C=C[C@@H]1C[C@@]1(NC(=O)[C@@H]1C[C@@H](O/N=C/c2ccnc3ccccc23)CN1C(=O)[C@@H](NC(=O)OC1CCCC1)C(C)(C)C)C(=O)NS(=O)(=O)C1CC1. The summed E-state index contributed by atoms with van der Waals surface area (Å²) in [6.07, 6.45) is 7.58. The highest BCUT2D eigenvalue weighted by Gasteiger charge is 2.62. The van der Waals surface area contributed by atoms with Gasteiger partial charge in [0.15, 0.2) is 0 Å². The summed E-state index contributed by atoms with van der Waals surface area (Å²) >= 11 is 0. The number of hydrogen-bond donors (Lipinski definition) is 3. The van der Waals surface area contributed by atoms with Crippen LogP contribution in [0.5, 0.6) is 0 Å². The molecule has 5 atom stereocenters. The number of oxime groups is 1. The van der Waals surface area contributed by atoms with Gasteiger partial charge in [0, 0.05) is 29.5 Å². The number of para-hydroxylation sites is 1. The van der Waals surface area contributed by atoms with Gasteiger partial charge in [-0.25, -0.2) is 13.2 Å². The van der Waals surface area contributed by atoms with Crippen LogP contribution >= 0.6 is 0 Å².